The summed E-state index contributed by atoms with van der Waals surface area (Å²) in [5.41, 5.74) is 0. The van der Waals surface area contributed by atoms with Crippen molar-refractivity contribution in [3.63, 3.8) is 0 Å². The number of hydrogen-bond donors (Lipinski definition) is 0. The van der Waals surface area contributed by atoms with E-state index in [0.29, 0.717) is 0 Å². The van der Waals surface area contributed by atoms with Gasteiger partial charge in [-0.15, -0.1) is 0 Å². The first kappa shape index (κ1) is 31.0. The van der Waals surface area contributed by atoms with Crippen LogP contribution >= 0.6 is 0 Å². The molecule has 0 amide bonds. The summed E-state index contributed by atoms with van der Waals surface area (Å²) in [5.74, 6) is 0.890. The molecule has 0 aromatic heterocycles. The third kappa shape index (κ3) is 26.1. The van der Waals surface area contributed by atoms with E-state index in [4.69, 9.17) is 0 Å². The van der Waals surface area contributed by atoms with Gasteiger partial charge in [-0.2, -0.15) is 0 Å². The van der Waals surface area contributed by atoms with Crippen LogP contribution in [0.3, 0.4) is 0 Å². The first-order valence-corrected chi connectivity index (χ1v) is 14.9. The number of rotatable bonds is 26. The van der Waals surface area contributed by atoms with E-state index in [0.717, 1.165) is 5.92 Å². The third-order valence-corrected chi connectivity index (χ3v) is 6.91. The van der Waals surface area contributed by atoms with Crippen molar-refractivity contribution in [1.29, 1.82) is 0 Å². The van der Waals surface area contributed by atoms with Gasteiger partial charge in [0, 0.05) is 0 Å². The number of hydrogen-bond acceptors (Lipinski definition) is 1. The largest absolute Gasteiger partial charge is 0.303 e. The Morgan fingerprint density at radius 2 is 0.677 bits per heavy atom. The highest BCUT2D eigenvalue weighted by atomic mass is 15.1. The van der Waals surface area contributed by atoms with Gasteiger partial charge < -0.3 is 4.90 Å². The maximum absolute atomic E-state index is 2.81. The number of nitrogens with zero attached hydrogens (tertiary/aromatic N) is 1. The van der Waals surface area contributed by atoms with Crippen molar-refractivity contribution >= 4 is 0 Å². The van der Waals surface area contributed by atoms with Gasteiger partial charge >= 0.3 is 0 Å². The molecule has 0 radical (unpaired) electrons. The van der Waals surface area contributed by atoms with E-state index in [2.05, 4.69) is 32.6 Å². The lowest BCUT2D eigenvalue weighted by molar-refractivity contribution is 0.254. The molecule has 0 saturated heterocycles. The Hall–Kier alpha value is -0.0400. The topological polar surface area (TPSA) is 3.24 Å². The van der Waals surface area contributed by atoms with E-state index in [1.807, 2.05) is 0 Å². The molecule has 0 bridgehead atoms. The second-order valence-corrected chi connectivity index (χ2v) is 10.7. The van der Waals surface area contributed by atoms with E-state index in [-0.39, 0.29) is 0 Å². The Morgan fingerprint density at radius 1 is 0.387 bits per heavy atom. The minimum atomic E-state index is 0.890. The normalized spacial score (nSPS) is 11.8. The zero-order valence-electron chi connectivity index (χ0n) is 22.7. The molecular formula is C30H63N. The minimum Gasteiger partial charge on any atom is -0.303 e. The van der Waals surface area contributed by atoms with Crippen molar-refractivity contribution in [3.8, 4) is 0 Å². The molecule has 0 heterocycles. The maximum Gasteiger partial charge on any atom is -0.00187 e. The van der Waals surface area contributed by atoms with Gasteiger partial charge in [-0.3, -0.25) is 0 Å². The molecule has 0 aromatic carbocycles. The van der Waals surface area contributed by atoms with E-state index < -0.39 is 0 Å². The van der Waals surface area contributed by atoms with Gasteiger partial charge in [-0.1, -0.05) is 150 Å². The highest BCUT2D eigenvalue weighted by molar-refractivity contribution is 4.60. The smallest absolute Gasteiger partial charge is 0.00187 e. The van der Waals surface area contributed by atoms with Crippen molar-refractivity contribution in [2.75, 3.05) is 19.6 Å². The lowest BCUT2D eigenvalue weighted by atomic mass is 10.0. The lowest BCUT2D eigenvalue weighted by Gasteiger charge is -2.22. The molecule has 0 aliphatic carbocycles. The summed E-state index contributed by atoms with van der Waals surface area (Å²) in [6.07, 6.45) is 31.7. The molecule has 0 N–H and O–H groups in total. The number of unbranched alkanes of at least 4 members (excludes halogenated alkanes) is 18. The molecule has 0 aromatic rings. The fraction of sp³-hybridized carbons (Fsp3) is 1.00. The second kappa shape index (κ2) is 26.2. The monoisotopic (exact) mass is 437 g/mol. The third-order valence-electron chi connectivity index (χ3n) is 6.91. The first-order chi connectivity index (χ1) is 15.2. The van der Waals surface area contributed by atoms with Crippen LogP contribution in [-0.4, -0.2) is 24.5 Å². The van der Waals surface area contributed by atoms with Crippen LogP contribution in [-0.2, 0) is 0 Å². The Bertz CT molecular complexity index is 296. The molecule has 0 aliphatic rings. The Labute approximate surface area is 199 Å². The van der Waals surface area contributed by atoms with E-state index >= 15 is 0 Å². The molecule has 0 unspecified atom stereocenters. The predicted molar refractivity (Wildman–Crippen MR) is 144 cm³/mol. The van der Waals surface area contributed by atoms with Crippen LogP contribution in [0, 0.1) is 5.92 Å². The fourth-order valence-electron chi connectivity index (χ4n) is 4.69. The minimum absolute atomic E-state index is 0.890. The molecule has 0 spiro atoms. The van der Waals surface area contributed by atoms with Gasteiger partial charge in [0.1, 0.15) is 0 Å². The molecule has 0 rings (SSSR count). The Balaban J connectivity index is 3.73. The highest BCUT2D eigenvalue weighted by Crippen LogP contribution is 2.14. The summed E-state index contributed by atoms with van der Waals surface area (Å²) < 4.78 is 0. The fourth-order valence-corrected chi connectivity index (χ4v) is 4.69. The molecule has 1 nitrogen and oxygen atoms in total. The van der Waals surface area contributed by atoms with E-state index in [1.165, 1.54) is 161 Å². The van der Waals surface area contributed by atoms with Crippen LogP contribution in [0.5, 0.6) is 0 Å². The standard InChI is InChI=1S/C30H63N/c1-5-7-9-11-19-23-27-31(28-24-20-12-10-8-6-2)29-25-21-17-15-13-14-16-18-22-26-30(3)4/h30H,5-29H2,1-4H3. The molecule has 0 aliphatic heterocycles. The van der Waals surface area contributed by atoms with Gasteiger partial charge in [0.05, 0.1) is 0 Å². The molecule has 31 heavy (non-hydrogen) atoms. The predicted octanol–water partition coefficient (Wildman–Crippen LogP) is 10.6. The van der Waals surface area contributed by atoms with Crippen LogP contribution in [0.1, 0.15) is 169 Å². The summed E-state index contributed by atoms with van der Waals surface area (Å²) >= 11 is 0. The molecule has 188 valence electrons. The van der Waals surface area contributed by atoms with Gasteiger partial charge in [0.15, 0.2) is 0 Å². The van der Waals surface area contributed by atoms with Gasteiger partial charge in [-0.05, 0) is 44.8 Å². The zero-order chi connectivity index (χ0) is 22.8. The van der Waals surface area contributed by atoms with Crippen LogP contribution < -0.4 is 0 Å². The lowest BCUT2D eigenvalue weighted by Crippen LogP contribution is -2.27. The van der Waals surface area contributed by atoms with Crippen LogP contribution in [0.2, 0.25) is 0 Å². The Morgan fingerprint density at radius 3 is 1.00 bits per heavy atom. The van der Waals surface area contributed by atoms with E-state index in [1.54, 1.807) is 0 Å². The first-order valence-electron chi connectivity index (χ1n) is 14.9. The SMILES string of the molecule is CCCCCCCCN(CCCCCCCC)CCCCCCCCCCCC(C)C. The molecule has 0 fully saturated rings. The molecule has 1 heteroatoms. The van der Waals surface area contributed by atoms with Crippen molar-refractivity contribution < 1.29 is 0 Å². The van der Waals surface area contributed by atoms with E-state index in [9.17, 15) is 0 Å². The Kier molecular flexibility index (Phi) is 26.2. The van der Waals surface area contributed by atoms with Crippen LogP contribution in [0.25, 0.3) is 0 Å². The maximum atomic E-state index is 2.81. The summed E-state index contributed by atoms with van der Waals surface area (Å²) in [6, 6.07) is 0. The second-order valence-electron chi connectivity index (χ2n) is 10.7. The zero-order valence-corrected chi connectivity index (χ0v) is 22.7. The van der Waals surface area contributed by atoms with Crippen molar-refractivity contribution in [2.45, 2.75) is 169 Å². The average Bonchev–Trinajstić information content (AvgIpc) is 2.75. The van der Waals surface area contributed by atoms with Gasteiger partial charge in [0.25, 0.3) is 0 Å². The summed E-state index contributed by atoms with van der Waals surface area (Å²) in [4.78, 5) is 2.81. The molecule has 0 atom stereocenters. The van der Waals surface area contributed by atoms with Crippen molar-refractivity contribution in [3.05, 3.63) is 0 Å². The quantitative estimate of drug-likeness (QED) is 0.122. The van der Waals surface area contributed by atoms with Crippen molar-refractivity contribution in [1.82, 2.24) is 4.90 Å². The highest BCUT2D eigenvalue weighted by Gasteiger charge is 2.05. The van der Waals surface area contributed by atoms with Gasteiger partial charge in [-0.25, -0.2) is 0 Å². The van der Waals surface area contributed by atoms with Gasteiger partial charge in [0.2, 0.25) is 0 Å². The van der Waals surface area contributed by atoms with Crippen molar-refractivity contribution in [2.24, 2.45) is 5.92 Å². The summed E-state index contributed by atoms with van der Waals surface area (Å²) in [6.45, 7) is 13.4. The average molecular weight is 438 g/mol. The molecular weight excluding hydrogens is 374 g/mol. The summed E-state index contributed by atoms with van der Waals surface area (Å²) in [7, 11) is 0. The summed E-state index contributed by atoms with van der Waals surface area (Å²) in [5, 5.41) is 0. The molecule has 0 saturated carbocycles. The van der Waals surface area contributed by atoms with Crippen LogP contribution in [0.4, 0.5) is 0 Å². The van der Waals surface area contributed by atoms with Crippen LogP contribution in [0.15, 0.2) is 0 Å².